The van der Waals surface area contributed by atoms with E-state index in [1.165, 1.54) is 5.56 Å². The number of aryl methyl sites for hydroxylation is 2. The Kier molecular flexibility index (Phi) is 5.25. The van der Waals surface area contributed by atoms with Crippen molar-refractivity contribution >= 4 is 11.6 Å². The molecule has 2 rings (SSSR count). The van der Waals surface area contributed by atoms with E-state index in [0.717, 1.165) is 16.9 Å². The fourth-order valence-electron chi connectivity index (χ4n) is 2.17. The van der Waals surface area contributed by atoms with Crippen LogP contribution in [0.5, 0.6) is 5.75 Å². The van der Waals surface area contributed by atoms with Crippen molar-refractivity contribution in [1.29, 1.82) is 5.26 Å². The highest BCUT2D eigenvalue weighted by atomic mass is 35.5. The Morgan fingerprint density at radius 1 is 1.14 bits per heavy atom. The minimum Gasteiger partial charge on any atom is -0.493 e. The van der Waals surface area contributed by atoms with Crippen molar-refractivity contribution in [3.05, 3.63) is 64.2 Å². The molecule has 108 valence electrons. The summed E-state index contributed by atoms with van der Waals surface area (Å²) >= 11 is 5.92. The zero-order valence-corrected chi connectivity index (χ0v) is 13.0. The van der Waals surface area contributed by atoms with Crippen LogP contribution in [0.25, 0.3) is 0 Å². The molecule has 21 heavy (non-hydrogen) atoms. The highest BCUT2D eigenvalue weighted by Gasteiger charge is 2.11. The molecule has 0 heterocycles. The topological polar surface area (TPSA) is 33.0 Å². The second kappa shape index (κ2) is 7.15. The molecule has 2 nitrogen and oxygen atoms in total. The molecule has 0 spiro atoms. The van der Waals surface area contributed by atoms with Crippen LogP contribution in [-0.2, 0) is 0 Å². The maximum absolute atomic E-state index is 9.31. The van der Waals surface area contributed by atoms with Crippen molar-refractivity contribution in [2.75, 3.05) is 6.61 Å². The summed E-state index contributed by atoms with van der Waals surface area (Å²) in [6.45, 7) is 4.51. The second-order valence-corrected chi connectivity index (χ2v) is 5.58. The van der Waals surface area contributed by atoms with Crippen LogP contribution in [0.4, 0.5) is 0 Å². The normalized spacial score (nSPS) is 11.7. The van der Waals surface area contributed by atoms with Gasteiger partial charge in [0.05, 0.1) is 18.6 Å². The largest absolute Gasteiger partial charge is 0.493 e. The quantitative estimate of drug-likeness (QED) is 0.775. The molecule has 0 aromatic heterocycles. The van der Waals surface area contributed by atoms with E-state index in [2.05, 4.69) is 6.07 Å². The van der Waals surface area contributed by atoms with Crippen LogP contribution in [-0.4, -0.2) is 6.61 Å². The van der Waals surface area contributed by atoms with Gasteiger partial charge in [-0.25, -0.2) is 0 Å². The van der Waals surface area contributed by atoms with Crippen LogP contribution >= 0.6 is 11.6 Å². The van der Waals surface area contributed by atoms with E-state index in [4.69, 9.17) is 16.3 Å². The minimum absolute atomic E-state index is 0.141. The van der Waals surface area contributed by atoms with E-state index in [9.17, 15) is 5.26 Å². The highest BCUT2D eigenvalue weighted by molar-refractivity contribution is 6.30. The summed E-state index contributed by atoms with van der Waals surface area (Å²) in [6.07, 6.45) is 0.668. The Morgan fingerprint density at radius 3 is 2.48 bits per heavy atom. The molecular formula is C18H18ClNO. The zero-order chi connectivity index (χ0) is 15.2. The molecule has 0 saturated carbocycles. The van der Waals surface area contributed by atoms with Crippen molar-refractivity contribution in [1.82, 2.24) is 0 Å². The molecule has 0 saturated heterocycles. The van der Waals surface area contributed by atoms with E-state index < -0.39 is 0 Å². The van der Waals surface area contributed by atoms with Crippen molar-refractivity contribution in [3.63, 3.8) is 0 Å². The SMILES string of the molecule is Cc1ccc(C(C#N)CCOc2ccc(Cl)cc2C)cc1. The number of ether oxygens (including phenoxy) is 1. The number of rotatable bonds is 5. The Balaban J connectivity index is 1.95. The molecular weight excluding hydrogens is 282 g/mol. The first-order valence-corrected chi connectivity index (χ1v) is 7.33. The molecule has 0 radical (unpaired) electrons. The molecule has 0 N–H and O–H groups in total. The lowest BCUT2D eigenvalue weighted by atomic mass is 9.97. The first-order valence-electron chi connectivity index (χ1n) is 6.95. The summed E-state index contributed by atoms with van der Waals surface area (Å²) in [5.41, 5.74) is 3.24. The third-order valence-electron chi connectivity index (χ3n) is 3.44. The maximum Gasteiger partial charge on any atom is 0.122 e. The van der Waals surface area contributed by atoms with E-state index in [-0.39, 0.29) is 5.92 Å². The van der Waals surface area contributed by atoms with Crippen LogP contribution in [0.15, 0.2) is 42.5 Å². The Labute approximate surface area is 130 Å². The van der Waals surface area contributed by atoms with Crippen molar-refractivity contribution in [2.24, 2.45) is 0 Å². The van der Waals surface area contributed by atoms with Gasteiger partial charge < -0.3 is 4.74 Å². The van der Waals surface area contributed by atoms with E-state index in [1.54, 1.807) is 0 Å². The predicted octanol–water partition coefficient (Wildman–Crippen LogP) is 5.03. The molecule has 0 fully saturated rings. The number of nitriles is 1. The monoisotopic (exact) mass is 299 g/mol. The van der Waals surface area contributed by atoms with Crippen molar-refractivity contribution < 1.29 is 4.74 Å². The van der Waals surface area contributed by atoms with Gasteiger partial charge in [-0.3, -0.25) is 0 Å². The Morgan fingerprint density at radius 2 is 1.86 bits per heavy atom. The molecule has 3 heteroatoms. The number of hydrogen-bond donors (Lipinski definition) is 0. The third kappa shape index (κ3) is 4.24. The van der Waals surface area contributed by atoms with Gasteiger partial charge in [-0.1, -0.05) is 41.4 Å². The van der Waals surface area contributed by atoms with Crippen molar-refractivity contribution in [3.8, 4) is 11.8 Å². The summed E-state index contributed by atoms with van der Waals surface area (Å²) in [7, 11) is 0. The lowest BCUT2D eigenvalue weighted by molar-refractivity contribution is 0.304. The lowest BCUT2D eigenvalue weighted by Gasteiger charge is -2.12. The zero-order valence-electron chi connectivity index (χ0n) is 12.3. The number of nitrogens with zero attached hydrogens (tertiary/aromatic N) is 1. The van der Waals surface area contributed by atoms with Gasteiger partial charge >= 0.3 is 0 Å². The Bertz CT molecular complexity index is 643. The maximum atomic E-state index is 9.31. The van der Waals surface area contributed by atoms with Gasteiger partial charge in [0.1, 0.15) is 5.75 Å². The Hall–Kier alpha value is -1.98. The molecule has 1 atom stereocenters. The van der Waals surface area contributed by atoms with Crippen LogP contribution in [0.3, 0.4) is 0 Å². The first kappa shape index (κ1) is 15.4. The van der Waals surface area contributed by atoms with E-state index in [1.807, 2.05) is 56.3 Å². The molecule has 0 amide bonds. The molecule has 2 aromatic carbocycles. The molecule has 0 aliphatic rings. The van der Waals surface area contributed by atoms with E-state index in [0.29, 0.717) is 18.1 Å². The summed E-state index contributed by atoms with van der Waals surface area (Å²) in [6, 6.07) is 16.0. The van der Waals surface area contributed by atoms with E-state index >= 15 is 0 Å². The van der Waals surface area contributed by atoms with Gasteiger partial charge in [0.25, 0.3) is 0 Å². The van der Waals surface area contributed by atoms with Crippen LogP contribution < -0.4 is 4.74 Å². The molecule has 0 aliphatic heterocycles. The highest BCUT2D eigenvalue weighted by Crippen LogP contribution is 2.24. The summed E-state index contributed by atoms with van der Waals surface area (Å²) in [5, 5.41) is 10.0. The van der Waals surface area contributed by atoms with Gasteiger partial charge in [-0.15, -0.1) is 0 Å². The number of hydrogen-bond acceptors (Lipinski definition) is 2. The number of benzene rings is 2. The fourth-order valence-corrected chi connectivity index (χ4v) is 2.39. The standard InChI is InChI=1S/C18H18ClNO/c1-13-3-5-15(6-4-13)16(12-20)9-10-21-18-8-7-17(19)11-14(18)2/h3-8,11,16H,9-10H2,1-2H3. The van der Waals surface area contributed by atoms with Crippen LogP contribution in [0.2, 0.25) is 5.02 Å². The summed E-state index contributed by atoms with van der Waals surface area (Å²) in [4.78, 5) is 0. The minimum atomic E-state index is -0.141. The van der Waals surface area contributed by atoms with Gasteiger partial charge in [0.2, 0.25) is 0 Å². The van der Waals surface area contributed by atoms with Gasteiger partial charge in [-0.05, 0) is 43.2 Å². The average Bonchev–Trinajstić information content (AvgIpc) is 2.47. The molecule has 1 unspecified atom stereocenters. The molecule has 0 bridgehead atoms. The summed E-state index contributed by atoms with van der Waals surface area (Å²) < 4.78 is 5.76. The van der Waals surface area contributed by atoms with Crippen LogP contribution in [0.1, 0.15) is 29.0 Å². The lowest BCUT2D eigenvalue weighted by Crippen LogP contribution is -2.05. The molecule has 0 aliphatic carbocycles. The average molecular weight is 300 g/mol. The third-order valence-corrected chi connectivity index (χ3v) is 3.67. The van der Waals surface area contributed by atoms with Gasteiger partial charge in [0, 0.05) is 11.4 Å². The second-order valence-electron chi connectivity index (χ2n) is 5.14. The van der Waals surface area contributed by atoms with Crippen molar-refractivity contribution in [2.45, 2.75) is 26.2 Å². The summed E-state index contributed by atoms with van der Waals surface area (Å²) in [5.74, 6) is 0.679. The smallest absolute Gasteiger partial charge is 0.122 e. The number of halogens is 1. The van der Waals surface area contributed by atoms with Gasteiger partial charge in [0.15, 0.2) is 0 Å². The molecule has 2 aromatic rings. The predicted molar refractivity (Wildman–Crippen MR) is 85.8 cm³/mol. The fraction of sp³-hybridized carbons (Fsp3) is 0.278. The first-order chi connectivity index (χ1) is 10.1. The van der Waals surface area contributed by atoms with Gasteiger partial charge in [-0.2, -0.15) is 5.26 Å². The van der Waals surface area contributed by atoms with Crippen LogP contribution in [0, 0.1) is 25.2 Å².